The van der Waals surface area contributed by atoms with E-state index in [1.54, 1.807) is 18.8 Å². The first-order valence-electron chi connectivity index (χ1n) is 7.12. The van der Waals surface area contributed by atoms with E-state index in [0.29, 0.717) is 0 Å². The first-order chi connectivity index (χ1) is 10.2. The van der Waals surface area contributed by atoms with Crippen LogP contribution >= 0.6 is 0 Å². The summed E-state index contributed by atoms with van der Waals surface area (Å²) in [6.07, 6.45) is 7.23. The van der Waals surface area contributed by atoms with Crippen molar-refractivity contribution in [3.63, 3.8) is 0 Å². The lowest BCUT2D eigenvalue weighted by molar-refractivity contribution is 0.403. The molecule has 0 aliphatic rings. The molecule has 0 fully saturated rings. The monoisotopic (exact) mass is 281 g/mol. The van der Waals surface area contributed by atoms with Gasteiger partial charge in [-0.25, -0.2) is 4.98 Å². The zero-order chi connectivity index (χ0) is 14.7. The van der Waals surface area contributed by atoms with Crippen LogP contribution in [0.25, 0.3) is 5.69 Å². The van der Waals surface area contributed by atoms with Crippen molar-refractivity contribution in [3.05, 3.63) is 72.7 Å². The summed E-state index contributed by atoms with van der Waals surface area (Å²) >= 11 is 0. The van der Waals surface area contributed by atoms with Gasteiger partial charge in [-0.1, -0.05) is 12.1 Å². The third-order valence-corrected chi connectivity index (χ3v) is 3.67. The molecule has 21 heavy (non-hydrogen) atoms. The molecule has 3 rings (SSSR count). The van der Waals surface area contributed by atoms with Crippen molar-refractivity contribution >= 4 is 0 Å². The minimum atomic E-state index is 0.184. The number of nitrogens with one attached hydrogen (secondary N) is 1. The highest BCUT2D eigenvalue weighted by molar-refractivity contribution is 5.35. The Labute approximate surface area is 124 Å². The van der Waals surface area contributed by atoms with Crippen molar-refractivity contribution in [2.24, 2.45) is 0 Å². The molecule has 0 radical (unpaired) electrons. The highest BCUT2D eigenvalue weighted by Crippen LogP contribution is 2.20. The van der Waals surface area contributed by atoms with Crippen molar-refractivity contribution in [1.82, 2.24) is 14.9 Å². The molecule has 0 spiro atoms. The lowest BCUT2D eigenvalue weighted by atomic mass is 10.1. The Morgan fingerprint density at radius 3 is 2.52 bits per heavy atom. The number of benzene rings is 1. The van der Waals surface area contributed by atoms with Crippen LogP contribution in [0, 0.1) is 0 Å². The summed E-state index contributed by atoms with van der Waals surface area (Å²) in [6.45, 7) is 4.26. The molecule has 2 aromatic heterocycles. The molecule has 2 heterocycles. The SMILES string of the molecule is CC(N[C@H](C)c1ccco1)c1ccc(-n2ccnc2)cc1. The van der Waals surface area contributed by atoms with Crippen LogP contribution in [0.4, 0.5) is 0 Å². The second-order valence-electron chi connectivity index (χ2n) is 5.19. The van der Waals surface area contributed by atoms with E-state index in [4.69, 9.17) is 4.42 Å². The quantitative estimate of drug-likeness (QED) is 0.772. The Kier molecular flexibility index (Phi) is 3.88. The smallest absolute Gasteiger partial charge is 0.120 e. The summed E-state index contributed by atoms with van der Waals surface area (Å²) in [5.41, 5.74) is 2.36. The van der Waals surface area contributed by atoms with Crippen LogP contribution in [0.15, 0.2) is 65.8 Å². The number of aromatic nitrogens is 2. The van der Waals surface area contributed by atoms with Crippen molar-refractivity contribution in [3.8, 4) is 5.69 Å². The van der Waals surface area contributed by atoms with Gasteiger partial charge in [0, 0.05) is 24.1 Å². The van der Waals surface area contributed by atoms with Gasteiger partial charge in [0.2, 0.25) is 0 Å². The summed E-state index contributed by atoms with van der Waals surface area (Å²) < 4.78 is 7.42. The maximum absolute atomic E-state index is 5.43. The lowest BCUT2D eigenvalue weighted by Gasteiger charge is -2.19. The number of hydrogen-bond acceptors (Lipinski definition) is 3. The minimum Gasteiger partial charge on any atom is -0.468 e. The summed E-state index contributed by atoms with van der Waals surface area (Å²) in [4.78, 5) is 4.06. The molecule has 1 aromatic carbocycles. The highest BCUT2D eigenvalue weighted by Gasteiger charge is 2.13. The number of hydrogen-bond donors (Lipinski definition) is 1. The predicted molar refractivity (Wildman–Crippen MR) is 82.2 cm³/mol. The number of rotatable bonds is 5. The van der Waals surface area contributed by atoms with Crippen LogP contribution in [-0.2, 0) is 0 Å². The maximum Gasteiger partial charge on any atom is 0.120 e. The van der Waals surface area contributed by atoms with Gasteiger partial charge in [-0.15, -0.1) is 0 Å². The summed E-state index contributed by atoms with van der Waals surface area (Å²) in [6, 6.07) is 12.8. The fraction of sp³-hybridized carbons (Fsp3) is 0.235. The second kappa shape index (κ2) is 5.97. The summed E-state index contributed by atoms with van der Waals surface area (Å²) in [5.74, 6) is 0.955. The zero-order valence-corrected chi connectivity index (χ0v) is 12.2. The molecular formula is C17H19N3O. The number of nitrogens with zero attached hydrogens (tertiary/aromatic N) is 2. The van der Waals surface area contributed by atoms with Crippen molar-refractivity contribution < 1.29 is 4.42 Å². The van der Waals surface area contributed by atoms with Crippen LogP contribution < -0.4 is 5.32 Å². The fourth-order valence-electron chi connectivity index (χ4n) is 2.44. The predicted octanol–water partition coefficient (Wildman–Crippen LogP) is 3.88. The van der Waals surface area contributed by atoms with Crippen LogP contribution in [0.5, 0.6) is 0 Å². The van der Waals surface area contributed by atoms with Crippen LogP contribution in [-0.4, -0.2) is 9.55 Å². The van der Waals surface area contributed by atoms with Gasteiger partial charge in [0.25, 0.3) is 0 Å². The highest BCUT2D eigenvalue weighted by atomic mass is 16.3. The molecule has 1 N–H and O–H groups in total. The molecule has 0 saturated carbocycles. The van der Waals surface area contributed by atoms with Gasteiger partial charge in [-0.2, -0.15) is 0 Å². The first-order valence-corrected chi connectivity index (χ1v) is 7.12. The molecule has 1 unspecified atom stereocenters. The third kappa shape index (κ3) is 3.06. The van der Waals surface area contributed by atoms with Crippen molar-refractivity contribution in [2.75, 3.05) is 0 Å². The number of imidazole rings is 1. The molecule has 0 aliphatic heterocycles. The summed E-state index contributed by atoms with van der Waals surface area (Å²) in [5, 5.41) is 3.54. The first kappa shape index (κ1) is 13.6. The average molecular weight is 281 g/mol. The minimum absolute atomic E-state index is 0.184. The van der Waals surface area contributed by atoms with Gasteiger partial charge < -0.3 is 14.3 Å². The molecule has 0 saturated heterocycles. The molecule has 0 bridgehead atoms. The molecular weight excluding hydrogens is 262 g/mol. The number of furan rings is 1. The van der Waals surface area contributed by atoms with Gasteiger partial charge in [0.15, 0.2) is 0 Å². The Bertz CT molecular complexity index is 657. The van der Waals surface area contributed by atoms with E-state index < -0.39 is 0 Å². The topological polar surface area (TPSA) is 43.0 Å². The maximum atomic E-state index is 5.43. The van der Waals surface area contributed by atoms with E-state index in [0.717, 1.165) is 11.4 Å². The van der Waals surface area contributed by atoms with Crippen LogP contribution in [0.2, 0.25) is 0 Å². The Morgan fingerprint density at radius 2 is 1.90 bits per heavy atom. The molecule has 4 heteroatoms. The third-order valence-electron chi connectivity index (χ3n) is 3.67. The molecule has 3 aromatic rings. The standard InChI is InChI=1S/C17H19N3O/c1-13(19-14(2)17-4-3-11-21-17)15-5-7-16(8-6-15)20-10-9-18-12-20/h3-14,19H,1-2H3/t13?,14-/m1/s1. The molecule has 0 amide bonds. The van der Waals surface area contributed by atoms with E-state index in [2.05, 4.69) is 48.4 Å². The zero-order valence-electron chi connectivity index (χ0n) is 12.2. The van der Waals surface area contributed by atoms with Gasteiger partial charge in [0.05, 0.1) is 18.6 Å². The summed E-state index contributed by atoms with van der Waals surface area (Å²) in [7, 11) is 0. The Balaban J connectivity index is 1.69. The molecule has 0 aliphatic carbocycles. The van der Waals surface area contributed by atoms with Gasteiger partial charge in [0.1, 0.15) is 5.76 Å². The van der Waals surface area contributed by atoms with Crippen LogP contribution in [0.3, 0.4) is 0 Å². The van der Waals surface area contributed by atoms with Gasteiger partial charge >= 0.3 is 0 Å². The lowest BCUT2D eigenvalue weighted by Crippen LogP contribution is -2.22. The van der Waals surface area contributed by atoms with E-state index in [1.807, 2.05) is 22.9 Å². The van der Waals surface area contributed by atoms with E-state index in [1.165, 1.54) is 5.56 Å². The Morgan fingerprint density at radius 1 is 1.10 bits per heavy atom. The van der Waals surface area contributed by atoms with Crippen molar-refractivity contribution in [1.29, 1.82) is 0 Å². The van der Waals surface area contributed by atoms with Crippen molar-refractivity contribution in [2.45, 2.75) is 25.9 Å². The van der Waals surface area contributed by atoms with Gasteiger partial charge in [-0.3, -0.25) is 0 Å². The fourth-order valence-corrected chi connectivity index (χ4v) is 2.44. The molecule has 4 nitrogen and oxygen atoms in total. The van der Waals surface area contributed by atoms with E-state index in [9.17, 15) is 0 Å². The van der Waals surface area contributed by atoms with E-state index >= 15 is 0 Å². The molecule has 108 valence electrons. The largest absolute Gasteiger partial charge is 0.468 e. The molecule has 2 atom stereocenters. The second-order valence-corrected chi connectivity index (χ2v) is 5.19. The average Bonchev–Trinajstić information content (AvgIpc) is 3.20. The van der Waals surface area contributed by atoms with E-state index in [-0.39, 0.29) is 12.1 Å². The normalized spacial score (nSPS) is 14.0. The van der Waals surface area contributed by atoms with Crippen LogP contribution in [0.1, 0.15) is 37.3 Å². The van der Waals surface area contributed by atoms with Gasteiger partial charge in [-0.05, 0) is 43.7 Å². The Hall–Kier alpha value is -2.33.